The molecule has 4 rings (SSSR count). The van der Waals surface area contributed by atoms with Crippen LogP contribution >= 0.6 is 0 Å². The van der Waals surface area contributed by atoms with Crippen molar-refractivity contribution >= 4 is 0 Å². The van der Waals surface area contributed by atoms with E-state index in [4.69, 9.17) is 0 Å². The van der Waals surface area contributed by atoms with Gasteiger partial charge in [-0.1, -0.05) is 18.2 Å². The summed E-state index contributed by atoms with van der Waals surface area (Å²) in [5.41, 5.74) is 3.68. The maximum atomic E-state index is 12.0. The molecule has 0 saturated heterocycles. The topological polar surface area (TPSA) is 25.8 Å². The normalized spacial score (nSPS) is 9.90. The molecule has 2 heterocycles. The number of hydrogen-bond donors (Lipinski definition) is 0. The minimum Gasteiger partial charge on any atom is -0.295 e. The summed E-state index contributed by atoms with van der Waals surface area (Å²) in [6.07, 6.45) is 1.78. The zero-order chi connectivity index (χ0) is 20.8. The Morgan fingerprint density at radius 1 is 0.633 bits per heavy atom. The summed E-state index contributed by atoms with van der Waals surface area (Å²) in [6, 6.07) is 23.8. The van der Waals surface area contributed by atoms with Crippen LogP contribution in [0.2, 0.25) is 0 Å². The van der Waals surface area contributed by atoms with Gasteiger partial charge in [0.15, 0.2) is 0 Å². The standard InChI is InChI=1S/C16H11N2.C6F5.Pt/c1-2-7-13(8-3-1)14-10-6-11-16(18-14)15-9-4-5-12-17-15;7-2-1-3(8)5(10)6(11)4(2)9;/h1-7,9-12H;;/q2*-1;+2. The molecule has 0 radical (unpaired) electrons. The van der Waals surface area contributed by atoms with Crippen molar-refractivity contribution < 1.29 is 43.0 Å². The van der Waals surface area contributed by atoms with Crippen LogP contribution in [0.3, 0.4) is 0 Å². The molecule has 0 fully saturated rings. The van der Waals surface area contributed by atoms with Gasteiger partial charge in [-0.05, 0) is 23.9 Å². The van der Waals surface area contributed by atoms with E-state index in [0.717, 1.165) is 28.7 Å². The van der Waals surface area contributed by atoms with Crippen molar-refractivity contribution in [1.29, 1.82) is 0 Å². The SMILES string of the molecule is Fc1[c-]c(F)c(F)c(F)c1F.[Pt+2].[c-]1ccccc1-c1cccc(-c2ccccn2)n1. The zero-order valence-electron chi connectivity index (χ0n) is 15.0. The van der Waals surface area contributed by atoms with Gasteiger partial charge in [-0.15, -0.1) is 42.0 Å². The van der Waals surface area contributed by atoms with E-state index in [9.17, 15) is 22.0 Å². The number of halogens is 5. The Kier molecular flexibility index (Phi) is 8.36. The fourth-order valence-electron chi connectivity index (χ4n) is 2.29. The number of nitrogens with zero attached hydrogens (tertiary/aromatic N) is 2. The average molecular weight is 593 g/mol. The van der Waals surface area contributed by atoms with E-state index >= 15 is 0 Å². The molecule has 154 valence electrons. The van der Waals surface area contributed by atoms with Crippen molar-refractivity contribution in [3.63, 3.8) is 0 Å². The Morgan fingerprint density at radius 3 is 1.87 bits per heavy atom. The monoisotopic (exact) mass is 593 g/mol. The van der Waals surface area contributed by atoms with Crippen LogP contribution in [0.15, 0.2) is 66.9 Å². The van der Waals surface area contributed by atoms with Gasteiger partial charge >= 0.3 is 21.1 Å². The molecule has 30 heavy (non-hydrogen) atoms. The second-order valence-electron chi connectivity index (χ2n) is 5.59. The number of benzene rings is 2. The third-order valence-electron chi connectivity index (χ3n) is 3.65. The molecule has 0 aliphatic rings. The van der Waals surface area contributed by atoms with E-state index in [1.165, 1.54) is 0 Å². The Balaban J connectivity index is 0.000000232. The molecule has 2 aromatic heterocycles. The summed E-state index contributed by atoms with van der Waals surface area (Å²) in [6.45, 7) is 0. The van der Waals surface area contributed by atoms with Gasteiger partial charge in [0.1, 0.15) is 0 Å². The minimum atomic E-state index is -2.17. The summed E-state index contributed by atoms with van der Waals surface area (Å²) in [5, 5.41) is 0. The Labute approximate surface area is 183 Å². The van der Waals surface area contributed by atoms with E-state index in [2.05, 4.69) is 16.0 Å². The van der Waals surface area contributed by atoms with Crippen LogP contribution in [0, 0.1) is 41.2 Å². The minimum absolute atomic E-state index is 0. The van der Waals surface area contributed by atoms with Gasteiger partial charge in [0.2, 0.25) is 0 Å². The third-order valence-corrected chi connectivity index (χ3v) is 3.65. The predicted octanol–water partition coefficient (Wildman–Crippen LogP) is 5.79. The van der Waals surface area contributed by atoms with Crippen LogP contribution in [0.25, 0.3) is 22.6 Å². The summed E-state index contributed by atoms with van der Waals surface area (Å²) in [4.78, 5) is 8.93. The van der Waals surface area contributed by atoms with Gasteiger partial charge in [0.25, 0.3) is 0 Å². The predicted molar refractivity (Wildman–Crippen MR) is 96.8 cm³/mol. The summed E-state index contributed by atoms with van der Waals surface area (Å²) in [7, 11) is 0. The van der Waals surface area contributed by atoms with Gasteiger partial charge in [0.05, 0.1) is 40.5 Å². The molecule has 0 saturated carbocycles. The summed E-state index contributed by atoms with van der Waals surface area (Å²) < 4.78 is 59.9. The van der Waals surface area contributed by atoms with E-state index in [-0.39, 0.29) is 21.1 Å². The first-order valence-electron chi connectivity index (χ1n) is 8.23. The van der Waals surface area contributed by atoms with Gasteiger partial charge in [0, 0.05) is 6.20 Å². The molecule has 2 aromatic carbocycles. The number of rotatable bonds is 2. The van der Waals surface area contributed by atoms with Gasteiger partial charge in [-0.3, -0.25) is 18.7 Å². The third kappa shape index (κ3) is 5.57. The van der Waals surface area contributed by atoms with Crippen LogP contribution in [-0.2, 0) is 21.1 Å². The molecule has 0 unspecified atom stereocenters. The molecule has 0 atom stereocenters. The molecule has 8 heteroatoms. The van der Waals surface area contributed by atoms with Gasteiger partial charge < -0.3 is 0 Å². The summed E-state index contributed by atoms with van der Waals surface area (Å²) in [5.74, 6) is -10.0. The van der Waals surface area contributed by atoms with Crippen LogP contribution in [0.1, 0.15) is 0 Å². The molecule has 0 aliphatic carbocycles. The number of pyridine rings is 2. The van der Waals surface area contributed by atoms with Crippen molar-refractivity contribution in [2.24, 2.45) is 0 Å². The number of aromatic nitrogens is 2. The molecular weight excluding hydrogens is 582 g/mol. The summed E-state index contributed by atoms with van der Waals surface area (Å²) >= 11 is 0. The maximum Gasteiger partial charge on any atom is 2.00 e. The maximum absolute atomic E-state index is 12.0. The van der Waals surface area contributed by atoms with Crippen LogP contribution in [0.5, 0.6) is 0 Å². The first-order valence-corrected chi connectivity index (χ1v) is 8.23. The molecule has 4 aromatic rings. The number of hydrogen-bond acceptors (Lipinski definition) is 2. The quantitative estimate of drug-likeness (QED) is 0.127. The molecule has 0 aliphatic heterocycles. The van der Waals surface area contributed by atoms with Crippen molar-refractivity contribution in [3.05, 3.63) is 108 Å². The van der Waals surface area contributed by atoms with E-state index in [1.807, 2.05) is 60.7 Å². The second-order valence-corrected chi connectivity index (χ2v) is 5.59. The Bertz CT molecular complexity index is 1030. The van der Waals surface area contributed by atoms with Crippen molar-refractivity contribution in [1.82, 2.24) is 9.97 Å². The van der Waals surface area contributed by atoms with E-state index in [0.29, 0.717) is 0 Å². The van der Waals surface area contributed by atoms with Crippen LogP contribution in [0.4, 0.5) is 22.0 Å². The van der Waals surface area contributed by atoms with E-state index < -0.39 is 29.1 Å². The van der Waals surface area contributed by atoms with Crippen molar-refractivity contribution in [2.75, 3.05) is 0 Å². The van der Waals surface area contributed by atoms with Gasteiger partial charge in [-0.2, -0.15) is 0 Å². The smallest absolute Gasteiger partial charge is 0.295 e. The molecule has 2 nitrogen and oxygen atoms in total. The second kappa shape index (κ2) is 10.7. The first-order chi connectivity index (χ1) is 14.0. The van der Waals surface area contributed by atoms with Crippen molar-refractivity contribution in [3.8, 4) is 22.6 Å². The largest absolute Gasteiger partial charge is 2.00 e. The fourth-order valence-corrected chi connectivity index (χ4v) is 2.29. The molecule has 0 spiro atoms. The molecule has 0 amide bonds. The van der Waals surface area contributed by atoms with Crippen LogP contribution < -0.4 is 0 Å². The molecular formula is C22H11F5N2Pt. The molecule has 0 bridgehead atoms. The fraction of sp³-hybridized carbons (Fsp3) is 0. The first kappa shape index (κ1) is 23.4. The Hall–Kier alpha value is -2.92. The van der Waals surface area contributed by atoms with Crippen molar-refractivity contribution in [2.45, 2.75) is 0 Å². The Morgan fingerprint density at radius 2 is 1.27 bits per heavy atom. The average Bonchev–Trinajstić information content (AvgIpc) is 2.78. The molecule has 0 N–H and O–H groups in total. The van der Waals surface area contributed by atoms with Crippen LogP contribution in [-0.4, -0.2) is 9.97 Å². The zero-order valence-corrected chi connectivity index (χ0v) is 17.2. The van der Waals surface area contributed by atoms with Gasteiger partial charge in [-0.25, -0.2) is 13.2 Å². The van der Waals surface area contributed by atoms with E-state index in [1.54, 1.807) is 6.20 Å².